The maximum absolute atomic E-state index is 10.3. The molecule has 0 unspecified atom stereocenters. The number of carboxylic acid groups (broad SMARTS) is 1. The zero-order valence-corrected chi connectivity index (χ0v) is 6.53. The number of nitrogens with two attached hydrogens (primary N) is 2. The van der Waals surface area contributed by atoms with Crippen molar-refractivity contribution in [2.24, 2.45) is 16.5 Å². The molecule has 0 amide bonds. The van der Waals surface area contributed by atoms with E-state index in [0.29, 0.717) is 0 Å². The highest BCUT2D eigenvalue weighted by Crippen LogP contribution is 1.94. The maximum Gasteiger partial charge on any atom is 0.320 e. The average Bonchev–Trinajstić information content (AvgIpc) is 1.97. The summed E-state index contributed by atoms with van der Waals surface area (Å²) >= 11 is 0. The van der Waals surface area contributed by atoms with Crippen LogP contribution in [0.2, 0.25) is 0 Å². The third-order valence-corrected chi connectivity index (χ3v) is 1.09. The lowest BCUT2D eigenvalue weighted by atomic mass is 10.1. The van der Waals surface area contributed by atoms with Crippen molar-refractivity contribution >= 4 is 19.6 Å². The van der Waals surface area contributed by atoms with Gasteiger partial charge in [-0.2, -0.15) is 0 Å². The minimum absolute atomic E-state index is 0.0287. The van der Waals surface area contributed by atoms with E-state index >= 15 is 0 Å². The van der Waals surface area contributed by atoms with Gasteiger partial charge in [0.15, 0.2) is 7.85 Å². The number of carboxylic acids is 1. The number of nitrogens with zero attached hydrogens (tertiary/aromatic N) is 1. The van der Waals surface area contributed by atoms with Gasteiger partial charge in [-0.1, -0.05) is 0 Å². The number of carbonyl (C=O) groups is 1. The monoisotopic (exact) mass is 172 g/mol. The zero-order valence-electron chi connectivity index (χ0n) is 8.53. The molecule has 5 nitrogen and oxygen atoms in total. The molecule has 2 radical (unpaired) electrons. The number of rotatable bonds is 5. The van der Waals surface area contributed by atoms with Crippen LogP contribution < -0.4 is 11.5 Å². The summed E-state index contributed by atoms with van der Waals surface area (Å²) < 4.78 is 14.5. The molecule has 5 N–H and O–H groups in total. The number of hydrogen-bond acceptors (Lipinski definition) is 3. The first kappa shape index (κ1) is 7.61. The molecule has 0 rings (SSSR count). The molecule has 0 spiro atoms. The maximum atomic E-state index is 10.3. The number of aliphatic imine (C=N–C) groups is 1. The van der Waals surface area contributed by atoms with Crippen LogP contribution in [0.5, 0.6) is 0 Å². The molecule has 0 aromatic rings. The third-order valence-electron chi connectivity index (χ3n) is 1.09. The normalized spacial score (nSPS) is 17.9. The van der Waals surface area contributed by atoms with Crippen molar-refractivity contribution in [2.75, 3.05) is 6.50 Å². The van der Waals surface area contributed by atoms with E-state index in [4.69, 9.17) is 27.2 Å². The standard InChI is InChI=1S/C6H12BN3O2/c7-6(9)10-3-1-2-4(8)5(11)12/h4H,1-3,8H2,(H2,9,10)(H,11,12)/t4-/m0/s1/i3+1D2. The lowest BCUT2D eigenvalue weighted by Gasteiger charge is -2.03. The second kappa shape index (κ2) is 5.59. The van der Waals surface area contributed by atoms with Crippen LogP contribution in [0.15, 0.2) is 4.99 Å². The van der Waals surface area contributed by atoms with Gasteiger partial charge in [0.2, 0.25) is 0 Å². The third kappa shape index (κ3) is 5.73. The van der Waals surface area contributed by atoms with E-state index in [0.717, 1.165) is 0 Å². The van der Waals surface area contributed by atoms with Crippen molar-refractivity contribution in [3.8, 4) is 0 Å². The molecular formula is C6H12BN3O2. The summed E-state index contributed by atoms with van der Waals surface area (Å²) in [6.45, 7) is -1.97. The van der Waals surface area contributed by atoms with Crippen molar-refractivity contribution in [1.82, 2.24) is 0 Å². The van der Waals surface area contributed by atoms with Crippen molar-refractivity contribution in [2.45, 2.75) is 18.9 Å². The number of amidine groups is 1. The number of hydrogen-bond donors (Lipinski definition) is 3. The largest absolute Gasteiger partial charge is 0.480 e. The minimum atomic E-state index is -1.97. The highest BCUT2D eigenvalue weighted by Gasteiger charge is 2.09. The van der Waals surface area contributed by atoms with Gasteiger partial charge in [0, 0.05) is 12.2 Å². The van der Waals surface area contributed by atoms with Crippen LogP contribution in [0.3, 0.4) is 0 Å². The Morgan fingerprint density at radius 1 is 1.83 bits per heavy atom. The van der Waals surface area contributed by atoms with Gasteiger partial charge in [-0.15, -0.1) is 0 Å². The molecule has 0 saturated heterocycles. The first-order chi connectivity index (χ1) is 6.24. The van der Waals surface area contributed by atoms with Crippen molar-refractivity contribution in [1.29, 1.82) is 0 Å². The highest BCUT2D eigenvalue weighted by molar-refractivity contribution is 6.58. The van der Waals surface area contributed by atoms with Crippen molar-refractivity contribution < 1.29 is 12.6 Å². The SMILES string of the molecule is [2H][13C]([2H])(CC[C@H](N)C(=O)O)N=C([B])N. The topological polar surface area (TPSA) is 102 Å². The lowest BCUT2D eigenvalue weighted by Crippen LogP contribution is -2.30. The van der Waals surface area contributed by atoms with Gasteiger partial charge in [0.1, 0.15) is 6.04 Å². The van der Waals surface area contributed by atoms with Gasteiger partial charge in [-0.05, 0) is 12.8 Å². The van der Waals surface area contributed by atoms with Crippen LogP contribution in [0.1, 0.15) is 15.6 Å². The fraction of sp³-hybridized carbons (Fsp3) is 0.667. The van der Waals surface area contributed by atoms with E-state index < -0.39 is 18.5 Å². The quantitative estimate of drug-likeness (QED) is 0.207. The predicted octanol–water partition coefficient (Wildman–Crippen LogP) is -1.34. The second-order valence-corrected chi connectivity index (χ2v) is 2.18. The van der Waals surface area contributed by atoms with E-state index in [-0.39, 0.29) is 18.6 Å². The Labute approximate surface area is 75.1 Å². The van der Waals surface area contributed by atoms with Gasteiger partial charge in [-0.25, -0.2) is 0 Å². The summed E-state index contributed by atoms with van der Waals surface area (Å²) in [5, 5.41) is 8.43. The molecule has 66 valence electrons. The fourth-order valence-electron chi connectivity index (χ4n) is 0.491. The molecule has 0 saturated carbocycles. The molecule has 6 heteroatoms. The van der Waals surface area contributed by atoms with Crippen LogP contribution in [0, 0.1) is 0 Å². The van der Waals surface area contributed by atoms with Crippen molar-refractivity contribution in [3.05, 3.63) is 0 Å². The molecule has 1 atom stereocenters. The summed E-state index contributed by atoms with van der Waals surface area (Å²) in [6, 6.07) is -1.10. The molecule has 0 bridgehead atoms. The van der Waals surface area contributed by atoms with Crippen LogP contribution in [0.25, 0.3) is 0 Å². The lowest BCUT2D eigenvalue weighted by molar-refractivity contribution is -0.138. The summed E-state index contributed by atoms with van der Waals surface area (Å²) in [5.41, 5.74) is 9.79. The first-order valence-corrected chi connectivity index (χ1v) is 3.34. The van der Waals surface area contributed by atoms with Crippen LogP contribution in [-0.4, -0.2) is 37.2 Å². The molecule has 0 heterocycles. The molecule has 0 aliphatic heterocycles. The summed E-state index contributed by atoms with van der Waals surface area (Å²) in [7, 11) is 4.98. The fourth-order valence-corrected chi connectivity index (χ4v) is 0.491. The Morgan fingerprint density at radius 3 is 2.83 bits per heavy atom. The summed E-state index contributed by atoms with van der Waals surface area (Å²) in [5.74, 6) is -1.18. The Bertz CT molecular complexity index is 243. The molecule has 0 aliphatic carbocycles. The summed E-state index contributed by atoms with van der Waals surface area (Å²) in [6.07, 6.45) is -0.169. The van der Waals surface area contributed by atoms with E-state index in [1.807, 2.05) is 0 Å². The number of aliphatic carboxylic acids is 1. The van der Waals surface area contributed by atoms with E-state index in [1.54, 1.807) is 0 Å². The molecule has 0 aromatic heterocycles. The zero-order chi connectivity index (χ0) is 11.4. The van der Waals surface area contributed by atoms with Gasteiger partial charge in [-0.3, -0.25) is 9.79 Å². The molecule has 0 aliphatic rings. The first-order valence-electron chi connectivity index (χ1n) is 4.34. The highest BCUT2D eigenvalue weighted by atomic mass is 16.4. The van der Waals surface area contributed by atoms with Gasteiger partial charge < -0.3 is 16.6 Å². The predicted molar refractivity (Wildman–Crippen MR) is 47.1 cm³/mol. The van der Waals surface area contributed by atoms with Crippen LogP contribution in [0.4, 0.5) is 0 Å². The molecule has 0 aromatic carbocycles. The van der Waals surface area contributed by atoms with Crippen LogP contribution in [-0.2, 0) is 4.79 Å². The van der Waals surface area contributed by atoms with E-state index in [9.17, 15) is 4.79 Å². The Morgan fingerprint density at radius 2 is 2.42 bits per heavy atom. The van der Waals surface area contributed by atoms with Gasteiger partial charge in [0.25, 0.3) is 0 Å². The molecule has 12 heavy (non-hydrogen) atoms. The average molecular weight is 172 g/mol. The van der Waals surface area contributed by atoms with Gasteiger partial charge >= 0.3 is 5.97 Å². The Hall–Kier alpha value is -1.04. The van der Waals surface area contributed by atoms with Crippen molar-refractivity contribution in [3.63, 3.8) is 0 Å². The van der Waals surface area contributed by atoms with Gasteiger partial charge in [0.05, 0.1) is 2.74 Å². The minimum Gasteiger partial charge on any atom is -0.480 e. The van der Waals surface area contributed by atoms with E-state index in [1.165, 1.54) is 0 Å². The second-order valence-electron chi connectivity index (χ2n) is 2.18. The van der Waals surface area contributed by atoms with E-state index in [2.05, 4.69) is 4.99 Å². The Balaban J connectivity index is 4.12. The summed E-state index contributed by atoms with van der Waals surface area (Å²) in [4.78, 5) is 13.6. The smallest absolute Gasteiger partial charge is 0.320 e. The molecular weight excluding hydrogens is 158 g/mol. The van der Waals surface area contributed by atoms with Crippen LogP contribution >= 0.6 is 0 Å². The molecule has 0 fully saturated rings. The Kier molecular flexibility index (Phi) is 3.55.